The number of hydrogen-bond acceptors (Lipinski definition) is 2. The summed E-state index contributed by atoms with van der Waals surface area (Å²) in [6, 6.07) is 3.20. The third-order valence-electron chi connectivity index (χ3n) is 4.63. The zero-order chi connectivity index (χ0) is 15.6. The first-order valence-electron chi connectivity index (χ1n) is 7.49. The molecule has 5 heteroatoms. The Morgan fingerprint density at radius 1 is 1.29 bits per heavy atom. The molecule has 0 spiro atoms. The van der Waals surface area contributed by atoms with Gasteiger partial charge in [-0.15, -0.1) is 0 Å². The first kappa shape index (κ1) is 16.1. The molecular weight excluding hydrogens is 279 g/mol. The van der Waals surface area contributed by atoms with Crippen LogP contribution in [0, 0.1) is 11.8 Å². The monoisotopic (exact) mass is 301 g/mol. The number of alkyl halides is 3. The lowest BCUT2D eigenvalue weighted by Crippen LogP contribution is -2.26. The maximum atomic E-state index is 12.8. The third kappa shape index (κ3) is 3.51. The van der Waals surface area contributed by atoms with Crippen LogP contribution in [0.15, 0.2) is 18.2 Å². The Labute approximate surface area is 123 Å². The molecule has 1 aromatic carbocycles. The highest BCUT2D eigenvalue weighted by molar-refractivity contribution is 5.50. The number of nitrogen functional groups attached to an aromatic ring is 1. The van der Waals surface area contributed by atoms with Crippen molar-refractivity contribution in [3.8, 4) is 0 Å². The molecule has 1 fully saturated rings. The molecule has 0 bridgehead atoms. The van der Waals surface area contributed by atoms with Crippen LogP contribution in [0.2, 0.25) is 0 Å². The van der Waals surface area contributed by atoms with E-state index in [9.17, 15) is 18.3 Å². The summed E-state index contributed by atoms with van der Waals surface area (Å²) in [5.41, 5.74) is 5.49. The highest BCUT2D eigenvalue weighted by Gasteiger charge is 2.35. The minimum absolute atomic E-state index is 0.00506. The molecule has 21 heavy (non-hydrogen) atoms. The normalized spacial score (nSPS) is 24.8. The summed E-state index contributed by atoms with van der Waals surface area (Å²) < 4.78 is 38.5. The van der Waals surface area contributed by atoms with E-state index in [1.165, 1.54) is 6.07 Å². The van der Waals surface area contributed by atoms with Crippen molar-refractivity contribution in [2.75, 3.05) is 5.73 Å². The van der Waals surface area contributed by atoms with E-state index in [-0.39, 0.29) is 17.2 Å². The fourth-order valence-corrected chi connectivity index (χ4v) is 3.40. The van der Waals surface area contributed by atoms with Crippen LogP contribution in [0.1, 0.15) is 56.3 Å². The molecule has 0 amide bonds. The van der Waals surface area contributed by atoms with Crippen molar-refractivity contribution in [1.82, 2.24) is 0 Å². The second-order valence-corrected chi connectivity index (χ2v) is 5.90. The number of aliphatic hydroxyl groups excluding tert-OH is 1. The van der Waals surface area contributed by atoms with Crippen molar-refractivity contribution in [1.29, 1.82) is 0 Å². The van der Waals surface area contributed by atoms with E-state index >= 15 is 0 Å². The molecule has 1 aliphatic carbocycles. The summed E-state index contributed by atoms with van der Waals surface area (Å²) >= 11 is 0. The van der Waals surface area contributed by atoms with Gasteiger partial charge in [0.2, 0.25) is 0 Å². The SMILES string of the molecule is CCC1CCCCC1C(O)c1cc(C(F)(F)F)ccc1N. The maximum Gasteiger partial charge on any atom is 0.416 e. The summed E-state index contributed by atoms with van der Waals surface area (Å²) in [7, 11) is 0. The molecule has 3 atom stereocenters. The van der Waals surface area contributed by atoms with Crippen LogP contribution in [0.25, 0.3) is 0 Å². The van der Waals surface area contributed by atoms with Gasteiger partial charge in [0.15, 0.2) is 0 Å². The molecule has 1 aromatic rings. The zero-order valence-corrected chi connectivity index (χ0v) is 12.2. The number of aliphatic hydroxyl groups is 1. The van der Waals surface area contributed by atoms with Gasteiger partial charge in [-0.25, -0.2) is 0 Å². The van der Waals surface area contributed by atoms with Crippen LogP contribution in [-0.2, 0) is 6.18 Å². The molecule has 2 rings (SSSR count). The number of hydrogen-bond donors (Lipinski definition) is 2. The highest BCUT2D eigenvalue weighted by atomic mass is 19.4. The van der Waals surface area contributed by atoms with Crippen molar-refractivity contribution < 1.29 is 18.3 Å². The largest absolute Gasteiger partial charge is 0.416 e. The summed E-state index contributed by atoms with van der Waals surface area (Å²) in [6.07, 6.45) is -0.402. The van der Waals surface area contributed by atoms with Gasteiger partial charge in [0.05, 0.1) is 11.7 Å². The summed E-state index contributed by atoms with van der Waals surface area (Å²) in [5.74, 6) is 0.345. The van der Waals surface area contributed by atoms with Gasteiger partial charge in [0, 0.05) is 11.3 Å². The van der Waals surface area contributed by atoms with E-state index in [1.54, 1.807) is 0 Å². The molecular formula is C16H22F3NO. The molecule has 0 radical (unpaired) electrons. The predicted molar refractivity (Wildman–Crippen MR) is 76.6 cm³/mol. The average molecular weight is 301 g/mol. The maximum absolute atomic E-state index is 12.8. The molecule has 0 saturated heterocycles. The second kappa shape index (κ2) is 6.26. The Kier molecular flexibility index (Phi) is 4.81. The molecule has 3 N–H and O–H groups in total. The molecule has 0 aliphatic heterocycles. The Bertz CT molecular complexity index is 487. The Balaban J connectivity index is 2.31. The van der Waals surface area contributed by atoms with Gasteiger partial charge in [-0.3, -0.25) is 0 Å². The lowest BCUT2D eigenvalue weighted by Gasteiger charge is -2.35. The number of nitrogens with two attached hydrogens (primary N) is 1. The number of benzene rings is 1. The van der Waals surface area contributed by atoms with E-state index in [0.717, 1.165) is 44.2 Å². The van der Waals surface area contributed by atoms with Crippen LogP contribution >= 0.6 is 0 Å². The van der Waals surface area contributed by atoms with E-state index in [4.69, 9.17) is 5.73 Å². The standard InChI is InChI=1S/C16H22F3NO/c1-2-10-5-3-4-6-12(10)15(21)13-9-11(16(17,18)19)7-8-14(13)20/h7-10,12,15,21H,2-6,20H2,1H3. The van der Waals surface area contributed by atoms with Crippen molar-refractivity contribution in [3.63, 3.8) is 0 Å². The zero-order valence-electron chi connectivity index (χ0n) is 12.2. The fourth-order valence-electron chi connectivity index (χ4n) is 3.40. The van der Waals surface area contributed by atoms with Crippen molar-refractivity contribution in [3.05, 3.63) is 29.3 Å². The number of anilines is 1. The number of halogens is 3. The fraction of sp³-hybridized carbons (Fsp3) is 0.625. The first-order valence-corrected chi connectivity index (χ1v) is 7.49. The molecule has 0 aromatic heterocycles. The average Bonchev–Trinajstić information content (AvgIpc) is 2.45. The topological polar surface area (TPSA) is 46.2 Å². The van der Waals surface area contributed by atoms with Crippen molar-refractivity contribution in [2.24, 2.45) is 11.8 Å². The van der Waals surface area contributed by atoms with E-state index < -0.39 is 17.8 Å². The second-order valence-electron chi connectivity index (χ2n) is 5.90. The molecule has 0 heterocycles. The summed E-state index contributed by atoms with van der Waals surface area (Å²) in [6.45, 7) is 2.06. The lowest BCUT2D eigenvalue weighted by molar-refractivity contribution is -0.137. The lowest BCUT2D eigenvalue weighted by atomic mass is 9.73. The van der Waals surface area contributed by atoms with E-state index in [0.29, 0.717) is 5.92 Å². The summed E-state index contributed by atoms with van der Waals surface area (Å²) in [5, 5.41) is 10.6. The van der Waals surface area contributed by atoms with Crippen LogP contribution in [0.3, 0.4) is 0 Å². The number of rotatable bonds is 3. The quantitative estimate of drug-likeness (QED) is 0.805. The van der Waals surface area contributed by atoms with Crippen LogP contribution in [0.5, 0.6) is 0 Å². The Hall–Kier alpha value is -1.23. The minimum atomic E-state index is -4.42. The molecule has 1 saturated carbocycles. The van der Waals surface area contributed by atoms with Gasteiger partial charge in [-0.2, -0.15) is 13.2 Å². The third-order valence-corrected chi connectivity index (χ3v) is 4.63. The molecule has 2 nitrogen and oxygen atoms in total. The highest BCUT2D eigenvalue weighted by Crippen LogP contribution is 2.42. The van der Waals surface area contributed by atoms with Gasteiger partial charge in [-0.1, -0.05) is 32.6 Å². The first-order chi connectivity index (χ1) is 9.84. The van der Waals surface area contributed by atoms with Gasteiger partial charge in [-0.05, 0) is 36.5 Å². The van der Waals surface area contributed by atoms with Crippen molar-refractivity contribution >= 4 is 5.69 Å². The van der Waals surface area contributed by atoms with Crippen molar-refractivity contribution in [2.45, 2.75) is 51.3 Å². The smallest absolute Gasteiger partial charge is 0.398 e. The van der Waals surface area contributed by atoms with Crippen LogP contribution in [-0.4, -0.2) is 5.11 Å². The molecule has 118 valence electrons. The van der Waals surface area contributed by atoms with Crippen LogP contribution in [0.4, 0.5) is 18.9 Å². The Morgan fingerprint density at radius 2 is 1.95 bits per heavy atom. The molecule has 3 unspecified atom stereocenters. The summed E-state index contributed by atoms with van der Waals surface area (Å²) in [4.78, 5) is 0. The van der Waals surface area contributed by atoms with Gasteiger partial charge in [0.25, 0.3) is 0 Å². The van der Waals surface area contributed by atoms with Crippen LogP contribution < -0.4 is 5.73 Å². The van der Waals surface area contributed by atoms with Gasteiger partial charge < -0.3 is 10.8 Å². The van der Waals surface area contributed by atoms with E-state index in [2.05, 4.69) is 6.92 Å². The minimum Gasteiger partial charge on any atom is -0.398 e. The predicted octanol–water partition coefficient (Wildman–Crippen LogP) is 4.54. The molecule has 1 aliphatic rings. The van der Waals surface area contributed by atoms with E-state index in [1.807, 2.05) is 0 Å². The van der Waals surface area contributed by atoms with Gasteiger partial charge in [0.1, 0.15) is 0 Å². The van der Waals surface area contributed by atoms with Gasteiger partial charge >= 0.3 is 6.18 Å². The Morgan fingerprint density at radius 3 is 2.57 bits per heavy atom.